The molecule has 122 valence electrons. The average molecular weight is 326 g/mol. The molecule has 1 atom stereocenters. The first kappa shape index (κ1) is 17.0. The van der Waals surface area contributed by atoms with Crippen molar-refractivity contribution in [3.05, 3.63) is 22.8 Å². The minimum atomic E-state index is 0.0674. The first-order chi connectivity index (χ1) is 10.5. The summed E-state index contributed by atoms with van der Waals surface area (Å²) in [5.41, 5.74) is 1.04. The van der Waals surface area contributed by atoms with Crippen LogP contribution in [0.15, 0.2) is 12.3 Å². The van der Waals surface area contributed by atoms with Crippen LogP contribution in [0, 0.1) is 5.92 Å². The minimum absolute atomic E-state index is 0.0674. The molecule has 0 spiro atoms. The van der Waals surface area contributed by atoms with E-state index in [9.17, 15) is 4.79 Å². The first-order valence-corrected chi connectivity index (χ1v) is 8.08. The van der Waals surface area contributed by atoms with Crippen molar-refractivity contribution < 1.29 is 9.53 Å². The van der Waals surface area contributed by atoms with Gasteiger partial charge in [-0.1, -0.05) is 11.6 Å². The molecule has 6 heteroatoms. The second-order valence-corrected chi connectivity index (χ2v) is 6.48. The van der Waals surface area contributed by atoms with Crippen LogP contribution in [0.5, 0.6) is 5.88 Å². The highest BCUT2D eigenvalue weighted by Gasteiger charge is 2.26. The molecule has 1 N–H and O–H groups in total. The van der Waals surface area contributed by atoms with Gasteiger partial charge in [-0.05, 0) is 44.9 Å². The highest BCUT2D eigenvalue weighted by Crippen LogP contribution is 2.24. The summed E-state index contributed by atoms with van der Waals surface area (Å²) in [6, 6.07) is 2.07. The number of hydrogen-bond donors (Lipinski definition) is 1. The van der Waals surface area contributed by atoms with E-state index >= 15 is 0 Å². The number of methoxy groups -OCH3 is 1. The van der Waals surface area contributed by atoms with Crippen molar-refractivity contribution in [2.75, 3.05) is 20.2 Å². The molecule has 0 bridgehead atoms. The van der Waals surface area contributed by atoms with Gasteiger partial charge in [0.25, 0.3) is 0 Å². The van der Waals surface area contributed by atoms with Crippen LogP contribution >= 0.6 is 11.6 Å². The molecule has 0 aromatic carbocycles. The van der Waals surface area contributed by atoms with E-state index in [0.29, 0.717) is 10.9 Å². The average Bonchev–Trinajstić information content (AvgIpc) is 2.47. The van der Waals surface area contributed by atoms with Crippen LogP contribution in [0.25, 0.3) is 0 Å². The van der Waals surface area contributed by atoms with E-state index in [1.807, 2.05) is 19.9 Å². The Morgan fingerprint density at radius 1 is 1.59 bits per heavy atom. The van der Waals surface area contributed by atoms with Gasteiger partial charge in [0.1, 0.15) is 5.02 Å². The number of amides is 1. The van der Waals surface area contributed by atoms with Crippen LogP contribution in [0.4, 0.5) is 0 Å². The molecule has 1 aromatic heterocycles. The van der Waals surface area contributed by atoms with Crippen molar-refractivity contribution in [2.45, 2.75) is 39.3 Å². The zero-order chi connectivity index (χ0) is 16.1. The fourth-order valence-corrected chi connectivity index (χ4v) is 3.04. The largest absolute Gasteiger partial charge is 0.480 e. The van der Waals surface area contributed by atoms with Gasteiger partial charge in [0.05, 0.1) is 13.0 Å². The Kier molecular flexibility index (Phi) is 6.03. The topological polar surface area (TPSA) is 54.5 Å². The Morgan fingerprint density at radius 2 is 2.36 bits per heavy atom. The molecule has 0 unspecified atom stereocenters. The van der Waals surface area contributed by atoms with Gasteiger partial charge < -0.3 is 10.1 Å². The number of ether oxygens (including phenoxy) is 1. The molecule has 1 fully saturated rings. The van der Waals surface area contributed by atoms with E-state index < -0.39 is 0 Å². The van der Waals surface area contributed by atoms with Gasteiger partial charge in [0.15, 0.2) is 0 Å². The number of carbonyl (C=O) groups is 1. The van der Waals surface area contributed by atoms with E-state index in [1.165, 1.54) is 0 Å². The molecule has 0 aliphatic carbocycles. The number of rotatable bonds is 5. The van der Waals surface area contributed by atoms with Gasteiger partial charge >= 0.3 is 0 Å². The van der Waals surface area contributed by atoms with Crippen LogP contribution in [-0.4, -0.2) is 42.0 Å². The molecule has 22 heavy (non-hydrogen) atoms. The number of pyridine rings is 1. The Balaban J connectivity index is 1.95. The third-order valence-corrected chi connectivity index (χ3v) is 4.04. The Hall–Kier alpha value is -1.33. The summed E-state index contributed by atoms with van der Waals surface area (Å²) in [6.45, 7) is 6.51. The van der Waals surface area contributed by atoms with Crippen molar-refractivity contribution in [1.29, 1.82) is 0 Å². The summed E-state index contributed by atoms with van der Waals surface area (Å²) in [5.74, 6) is 0.668. The van der Waals surface area contributed by atoms with Crippen molar-refractivity contribution in [1.82, 2.24) is 15.2 Å². The van der Waals surface area contributed by atoms with Gasteiger partial charge in [-0.25, -0.2) is 4.98 Å². The van der Waals surface area contributed by atoms with Crippen molar-refractivity contribution in [3.8, 4) is 5.88 Å². The van der Waals surface area contributed by atoms with E-state index in [1.54, 1.807) is 13.3 Å². The van der Waals surface area contributed by atoms with Crippen molar-refractivity contribution in [3.63, 3.8) is 0 Å². The maximum Gasteiger partial charge on any atom is 0.232 e. The fourth-order valence-electron chi connectivity index (χ4n) is 2.78. The number of likely N-dealkylation sites (tertiary alicyclic amines) is 1. The van der Waals surface area contributed by atoms with Crippen molar-refractivity contribution >= 4 is 17.5 Å². The molecule has 1 saturated heterocycles. The first-order valence-electron chi connectivity index (χ1n) is 7.70. The lowest BCUT2D eigenvalue weighted by Crippen LogP contribution is -2.44. The van der Waals surface area contributed by atoms with E-state index in [2.05, 4.69) is 15.2 Å². The molecule has 1 aliphatic heterocycles. The van der Waals surface area contributed by atoms with Gasteiger partial charge in [0.2, 0.25) is 11.8 Å². The maximum atomic E-state index is 12.2. The number of aromatic nitrogens is 1. The molecule has 2 rings (SSSR count). The molecular weight excluding hydrogens is 302 g/mol. The smallest absolute Gasteiger partial charge is 0.232 e. The van der Waals surface area contributed by atoms with E-state index in [0.717, 1.165) is 38.0 Å². The minimum Gasteiger partial charge on any atom is -0.480 e. The fraction of sp³-hybridized carbons (Fsp3) is 0.625. The summed E-state index contributed by atoms with van der Waals surface area (Å²) in [6.07, 6.45) is 3.77. The van der Waals surface area contributed by atoms with Gasteiger partial charge in [0, 0.05) is 25.3 Å². The number of hydrogen-bond acceptors (Lipinski definition) is 4. The second-order valence-electron chi connectivity index (χ2n) is 6.07. The quantitative estimate of drug-likeness (QED) is 0.903. The molecule has 5 nitrogen and oxygen atoms in total. The predicted molar refractivity (Wildman–Crippen MR) is 87.1 cm³/mol. The molecule has 1 aliphatic rings. The summed E-state index contributed by atoms with van der Waals surface area (Å²) >= 11 is 6.11. The van der Waals surface area contributed by atoms with Crippen LogP contribution in [0.1, 0.15) is 32.3 Å². The molecule has 0 saturated carbocycles. The Labute approximate surface area is 137 Å². The summed E-state index contributed by atoms with van der Waals surface area (Å²) in [5, 5.41) is 3.53. The van der Waals surface area contributed by atoms with Crippen LogP contribution < -0.4 is 10.1 Å². The zero-order valence-corrected chi connectivity index (χ0v) is 14.2. The lowest BCUT2D eigenvalue weighted by Gasteiger charge is -2.32. The molecular formula is C16H24ClN3O2. The highest BCUT2D eigenvalue weighted by molar-refractivity contribution is 6.31. The summed E-state index contributed by atoms with van der Waals surface area (Å²) in [4.78, 5) is 18.6. The highest BCUT2D eigenvalue weighted by atomic mass is 35.5. The molecule has 1 amide bonds. The SMILES string of the molecule is COc1ncc(CN2CCC[C@H](C(=O)NC(C)C)C2)cc1Cl. The monoisotopic (exact) mass is 325 g/mol. The number of carbonyl (C=O) groups excluding carboxylic acids is 1. The van der Waals surface area contributed by atoms with Gasteiger partial charge in [-0.2, -0.15) is 0 Å². The van der Waals surface area contributed by atoms with Crippen LogP contribution in [-0.2, 0) is 11.3 Å². The third-order valence-electron chi connectivity index (χ3n) is 3.77. The second kappa shape index (κ2) is 7.79. The zero-order valence-electron chi connectivity index (χ0n) is 13.4. The molecule has 0 radical (unpaired) electrons. The van der Waals surface area contributed by atoms with Gasteiger partial charge in [-0.3, -0.25) is 9.69 Å². The predicted octanol–water partition coefficient (Wildman–Crippen LogP) is 2.48. The normalized spacial score (nSPS) is 19.2. The Bertz CT molecular complexity index is 522. The maximum absolute atomic E-state index is 12.2. The molecule has 2 heterocycles. The van der Waals surface area contributed by atoms with Crippen LogP contribution in [0.3, 0.4) is 0 Å². The standard InChI is InChI=1S/C16H24ClN3O2/c1-11(2)19-15(21)13-5-4-6-20(10-13)9-12-7-14(17)16(22-3)18-8-12/h7-8,11,13H,4-6,9-10H2,1-3H3,(H,19,21)/t13-/m0/s1. The Morgan fingerprint density at radius 3 is 3.00 bits per heavy atom. The third kappa shape index (κ3) is 4.58. The molecule has 1 aromatic rings. The number of piperidine rings is 1. The van der Waals surface area contributed by atoms with Crippen molar-refractivity contribution in [2.24, 2.45) is 5.92 Å². The summed E-state index contributed by atoms with van der Waals surface area (Å²) in [7, 11) is 1.55. The number of nitrogens with one attached hydrogen (secondary N) is 1. The van der Waals surface area contributed by atoms with Gasteiger partial charge in [-0.15, -0.1) is 0 Å². The van der Waals surface area contributed by atoms with E-state index in [-0.39, 0.29) is 17.9 Å². The van der Waals surface area contributed by atoms with E-state index in [4.69, 9.17) is 16.3 Å². The lowest BCUT2D eigenvalue weighted by atomic mass is 9.96. The number of halogens is 1. The summed E-state index contributed by atoms with van der Waals surface area (Å²) < 4.78 is 5.07. The van der Waals surface area contributed by atoms with Crippen LogP contribution in [0.2, 0.25) is 5.02 Å². The lowest BCUT2D eigenvalue weighted by molar-refractivity contribution is -0.127. The number of nitrogens with zero attached hydrogens (tertiary/aromatic N) is 2.